The van der Waals surface area contributed by atoms with Crippen molar-refractivity contribution >= 4 is 17.9 Å². The Hall–Kier alpha value is -1.59. The number of unbranched alkanes of at least 4 members (excludes halogenated alkanes) is 38. The number of ether oxygens (including phenoxy) is 3. The predicted molar refractivity (Wildman–Crippen MR) is 284 cm³/mol. The normalized spacial score (nSPS) is 12.5. The van der Waals surface area contributed by atoms with Crippen LogP contribution < -0.4 is 0 Å². The van der Waals surface area contributed by atoms with Gasteiger partial charge in [0.15, 0.2) is 6.10 Å². The highest BCUT2D eigenvalue weighted by molar-refractivity contribution is 5.71. The van der Waals surface area contributed by atoms with E-state index in [-0.39, 0.29) is 31.1 Å². The van der Waals surface area contributed by atoms with Gasteiger partial charge in [-0.15, -0.1) is 0 Å². The van der Waals surface area contributed by atoms with Crippen LogP contribution in [0, 0.1) is 11.8 Å². The zero-order chi connectivity index (χ0) is 48.2. The van der Waals surface area contributed by atoms with E-state index in [0.717, 1.165) is 69.6 Å². The van der Waals surface area contributed by atoms with Crippen molar-refractivity contribution in [2.75, 3.05) is 13.2 Å². The first-order valence-corrected chi connectivity index (χ1v) is 29.8. The second-order valence-corrected chi connectivity index (χ2v) is 21.4. The molecule has 0 saturated carbocycles. The van der Waals surface area contributed by atoms with E-state index in [0.29, 0.717) is 19.3 Å². The summed E-state index contributed by atoms with van der Waals surface area (Å²) in [6.45, 7) is 11.4. The van der Waals surface area contributed by atoms with Crippen LogP contribution >= 0.6 is 0 Å². The van der Waals surface area contributed by atoms with E-state index in [1.807, 2.05) is 0 Å². The zero-order valence-electron chi connectivity index (χ0n) is 45.3. The lowest BCUT2D eigenvalue weighted by atomic mass is 9.99. The highest BCUT2D eigenvalue weighted by Crippen LogP contribution is 2.19. The van der Waals surface area contributed by atoms with Crippen LogP contribution in [0.1, 0.15) is 336 Å². The SMILES string of the molecule is CCCCCCCCCCCCCCCCCC(=O)OC[C@H](COC(=O)CCCCCCCCCCC(C)CC)OC(=O)CCCCCCCCCCCCCCCCCCCCC(C)C. The number of hydrogen-bond donors (Lipinski definition) is 0. The maximum absolute atomic E-state index is 12.9. The third-order valence-electron chi connectivity index (χ3n) is 14.1. The Bertz CT molecular complexity index is 1010. The molecule has 0 aliphatic carbocycles. The van der Waals surface area contributed by atoms with Crippen LogP contribution in [-0.2, 0) is 28.6 Å². The van der Waals surface area contributed by atoms with Gasteiger partial charge < -0.3 is 14.2 Å². The molecule has 0 amide bonds. The van der Waals surface area contributed by atoms with E-state index in [9.17, 15) is 14.4 Å². The molecule has 0 spiro atoms. The molecule has 0 aromatic heterocycles. The van der Waals surface area contributed by atoms with Crippen LogP contribution in [0.25, 0.3) is 0 Å². The van der Waals surface area contributed by atoms with Gasteiger partial charge in [0.2, 0.25) is 0 Å². The average molecular weight is 934 g/mol. The number of rotatable bonds is 54. The van der Waals surface area contributed by atoms with Crippen LogP contribution in [-0.4, -0.2) is 37.2 Å². The van der Waals surface area contributed by atoms with Gasteiger partial charge in [-0.1, -0.05) is 298 Å². The summed E-state index contributed by atoms with van der Waals surface area (Å²) in [7, 11) is 0. The van der Waals surface area contributed by atoms with E-state index in [2.05, 4.69) is 34.6 Å². The molecular formula is C60H116O6. The number of hydrogen-bond acceptors (Lipinski definition) is 6. The molecule has 6 nitrogen and oxygen atoms in total. The van der Waals surface area contributed by atoms with E-state index >= 15 is 0 Å². The summed E-state index contributed by atoms with van der Waals surface area (Å²) >= 11 is 0. The fraction of sp³-hybridized carbons (Fsp3) is 0.950. The summed E-state index contributed by atoms with van der Waals surface area (Å²) in [5, 5.41) is 0. The van der Waals surface area contributed by atoms with Crippen molar-refractivity contribution in [2.45, 2.75) is 343 Å². The third kappa shape index (κ3) is 51.8. The second kappa shape index (κ2) is 52.8. The van der Waals surface area contributed by atoms with Crippen LogP contribution in [0.3, 0.4) is 0 Å². The Morgan fingerprint density at radius 3 is 0.864 bits per heavy atom. The molecule has 0 N–H and O–H groups in total. The molecule has 1 unspecified atom stereocenters. The molecule has 0 aliphatic heterocycles. The average Bonchev–Trinajstić information content (AvgIpc) is 3.30. The monoisotopic (exact) mass is 933 g/mol. The molecule has 0 aliphatic rings. The Labute approximate surface area is 412 Å². The fourth-order valence-electron chi connectivity index (χ4n) is 9.20. The standard InChI is InChI=1S/C60H116O6/c1-6-8-9-10-11-12-13-14-19-23-26-29-35-40-45-50-58(61)64-53-57(54-65-59(62)51-46-41-36-32-31-34-39-44-49-56(5)7-2)66-60(63)52-47-42-37-30-27-24-21-18-16-15-17-20-22-25-28-33-38-43-48-55(3)4/h55-57H,6-54H2,1-5H3/t56?,57-/m1/s1. The Morgan fingerprint density at radius 2 is 0.576 bits per heavy atom. The van der Waals surface area contributed by atoms with Gasteiger partial charge in [-0.05, 0) is 31.1 Å². The van der Waals surface area contributed by atoms with Gasteiger partial charge in [0.25, 0.3) is 0 Å². The highest BCUT2D eigenvalue weighted by atomic mass is 16.6. The molecule has 0 radical (unpaired) electrons. The maximum atomic E-state index is 12.9. The van der Waals surface area contributed by atoms with Crippen molar-refractivity contribution < 1.29 is 28.6 Å². The summed E-state index contributed by atoms with van der Waals surface area (Å²) in [6.07, 6.45) is 56.7. The van der Waals surface area contributed by atoms with Crippen molar-refractivity contribution in [3.05, 3.63) is 0 Å². The summed E-state index contributed by atoms with van der Waals surface area (Å²) < 4.78 is 16.9. The van der Waals surface area contributed by atoms with Crippen molar-refractivity contribution in [2.24, 2.45) is 11.8 Å². The first-order valence-electron chi connectivity index (χ1n) is 29.8. The van der Waals surface area contributed by atoms with Gasteiger partial charge in [0, 0.05) is 19.3 Å². The molecular weight excluding hydrogens is 817 g/mol. The Morgan fingerprint density at radius 1 is 0.318 bits per heavy atom. The molecule has 0 saturated heterocycles. The summed E-state index contributed by atoms with van der Waals surface area (Å²) in [4.78, 5) is 38.1. The first-order chi connectivity index (χ1) is 32.3. The lowest BCUT2D eigenvalue weighted by molar-refractivity contribution is -0.167. The molecule has 0 bridgehead atoms. The minimum absolute atomic E-state index is 0.0628. The summed E-state index contributed by atoms with van der Waals surface area (Å²) in [5.41, 5.74) is 0. The Balaban J connectivity index is 4.26. The lowest BCUT2D eigenvalue weighted by Gasteiger charge is -2.18. The van der Waals surface area contributed by atoms with Crippen LogP contribution in [0.4, 0.5) is 0 Å². The van der Waals surface area contributed by atoms with E-state index in [4.69, 9.17) is 14.2 Å². The van der Waals surface area contributed by atoms with Gasteiger partial charge in [0.05, 0.1) is 0 Å². The molecule has 0 fully saturated rings. The third-order valence-corrected chi connectivity index (χ3v) is 14.1. The molecule has 0 rings (SSSR count). The fourth-order valence-corrected chi connectivity index (χ4v) is 9.20. The van der Waals surface area contributed by atoms with Gasteiger partial charge in [-0.25, -0.2) is 0 Å². The van der Waals surface area contributed by atoms with Crippen molar-refractivity contribution in [3.63, 3.8) is 0 Å². The number of carbonyl (C=O) groups is 3. The predicted octanol–water partition coefficient (Wildman–Crippen LogP) is 19.7. The van der Waals surface area contributed by atoms with Gasteiger partial charge >= 0.3 is 17.9 Å². The summed E-state index contributed by atoms with van der Waals surface area (Å²) in [5.74, 6) is 0.867. The number of carbonyl (C=O) groups excluding carboxylic acids is 3. The molecule has 6 heteroatoms. The van der Waals surface area contributed by atoms with E-state index < -0.39 is 6.10 Å². The van der Waals surface area contributed by atoms with Crippen molar-refractivity contribution in [3.8, 4) is 0 Å². The quantitative estimate of drug-likeness (QED) is 0.0343. The smallest absolute Gasteiger partial charge is 0.306 e. The van der Waals surface area contributed by atoms with Crippen LogP contribution in [0.15, 0.2) is 0 Å². The zero-order valence-corrected chi connectivity index (χ0v) is 45.3. The lowest BCUT2D eigenvalue weighted by Crippen LogP contribution is -2.30. The van der Waals surface area contributed by atoms with E-state index in [1.165, 1.54) is 225 Å². The first kappa shape index (κ1) is 64.4. The number of esters is 3. The molecule has 0 aromatic carbocycles. The molecule has 392 valence electrons. The Kier molecular flexibility index (Phi) is 51.5. The highest BCUT2D eigenvalue weighted by Gasteiger charge is 2.19. The van der Waals surface area contributed by atoms with Crippen molar-refractivity contribution in [1.29, 1.82) is 0 Å². The molecule has 66 heavy (non-hydrogen) atoms. The second-order valence-electron chi connectivity index (χ2n) is 21.4. The minimum Gasteiger partial charge on any atom is -0.462 e. The van der Waals surface area contributed by atoms with Gasteiger partial charge in [-0.2, -0.15) is 0 Å². The van der Waals surface area contributed by atoms with Crippen LogP contribution in [0.2, 0.25) is 0 Å². The van der Waals surface area contributed by atoms with Gasteiger partial charge in [-0.3, -0.25) is 14.4 Å². The minimum atomic E-state index is -0.763. The summed E-state index contributed by atoms with van der Waals surface area (Å²) in [6, 6.07) is 0. The van der Waals surface area contributed by atoms with Crippen LogP contribution in [0.5, 0.6) is 0 Å². The largest absolute Gasteiger partial charge is 0.462 e. The molecule has 2 atom stereocenters. The topological polar surface area (TPSA) is 78.9 Å². The van der Waals surface area contributed by atoms with Crippen molar-refractivity contribution in [1.82, 2.24) is 0 Å². The van der Waals surface area contributed by atoms with E-state index in [1.54, 1.807) is 0 Å². The maximum Gasteiger partial charge on any atom is 0.306 e. The molecule has 0 heterocycles. The van der Waals surface area contributed by atoms with Gasteiger partial charge in [0.1, 0.15) is 13.2 Å². The molecule has 0 aromatic rings.